The van der Waals surface area contributed by atoms with Crippen LogP contribution in [0.25, 0.3) is 0 Å². The number of aryl methyl sites for hydroxylation is 2. The second-order valence-electron chi connectivity index (χ2n) is 4.74. The Morgan fingerprint density at radius 3 is 2.29 bits per heavy atom. The summed E-state index contributed by atoms with van der Waals surface area (Å²) in [7, 11) is 0. The number of carbonyl (C=O) groups is 1. The number of rotatable bonds is 4. The first-order valence-corrected chi connectivity index (χ1v) is 7.31. The largest absolute Gasteiger partial charge is 0.321 e. The van der Waals surface area contributed by atoms with E-state index in [0.717, 1.165) is 35.7 Å². The van der Waals surface area contributed by atoms with Gasteiger partial charge in [-0.15, -0.1) is 0 Å². The number of amides is 1. The van der Waals surface area contributed by atoms with Crippen molar-refractivity contribution in [3.63, 3.8) is 0 Å². The third kappa shape index (κ3) is 3.42. The fourth-order valence-electron chi connectivity index (χ4n) is 2.26. The van der Waals surface area contributed by atoms with E-state index in [1.165, 1.54) is 12.1 Å². The van der Waals surface area contributed by atoms with Gasteiger partial charge in [0.25, 0.3) is 5.91 Å². The van der Waals surface area contributed by atoms with Crippen LogP contribution in [0.15, 0.2) is 36.4 Å². The van der Waals surface area contributed by atoms with Crippen LogP contribution in [0.1, 0.15) is 35.3 Å². The van der Waals surface area contributed by atoms with Crippen LogP contribution in [0.2, 0.25) is 5.02 Å². The molecule has 0 aliphatic rings. The molecule has 2 rings (SSSR count). The number of benzene rings is 2. The molecule has 0 bridgehead atoms. The number of nitrogens with one attached hydrogen (secondary N) is 1. The first-order valence-electron chi connectivity index (χ1n) is 6.94. The van der Waals surface area contributed by atoms with Crippen molar-refractivity contribution in [1.29, 1.82) is 0 Å². The first kappa shape index (κ1) is 15.5. The highest BCUT2D eigenvalue weighted by atomic mass is 35.5. The van der Waals surface area contributed by atoms with Crippen molar-refractivity contribution < 1.29 is 9.18 Å². The van der Waals surface area contributed by atoms with E-state index in [0.29, 0.717) is 0 Å². The fourth-order valence-corrected chi connectivity index (χ4v) is 2.42. The topological polar surface area (TPSA) is 29.1 Å². The van der Waals surface area contributed by atoms with Gasteiger partial charge in [-0.1, -0.05) is 43.6 Å². The first-order chi connectivity index (χ1) is 10.1. The van der Waals surface area contributed by atoms with E-state index in [2.05, 4.69) is 5.32 Å². The number of hydrogen-bond donors (Lipinski definition) is 1. The van der Waals surface area contributed by atoms with Crippen molar-refractivity contribution in [3.8, 4) is 0 Å². The average molecular weight is 306 g/mol. The van der Waals surface area contributed by atoms with Crippen LogP contribution < -0.4 is 5.32 Å². The zero-order valence-electron chi connectivity index (χ0n) is 12.0. The highest BCUT2D eigenvalue weighted by Gasteiger charge is 2.15. The van der Waals surface area contributed by atoms with Gasteiger partial charge in [0.2, 0.25) is 0 Å². The minimum Gasteiger partial charge on any atom is -0.321 e. The smallest absolute Gasteiger partial charge is 0.258 e. The van der Waals surface area contributed by atoms with Crippen LogP contribution in [0.3, 0.4) is 0 Å². The SMILES string of the molecule is CCc1cccc(CC)c1NC(=O)c1ccc(Cl)cc1F. The zero-order chi connectivity index (χ0) is 15.4. The summed E-state index contributed by atoms with van der Waals surface area (Å²) in [5.74, 6) is -1.08. The molecular weight excluding hydrogens is 289 g/mol. The standard InChI is InChI=1S/C17H17ClFNO/c1-3-11-6-5-7-12(4-2)16(11)20-17(21)14-9-8-13(18)10-15(14)19/h5-10H,3-4H2,1-2H3,(H,20,21). The van der Waals surface area contributed by atoms with Gasteiger partial charge in [0, 0.05) is 10.7 Å². The van der Waals surface area contributed by atoms with E-state index in [-0.39, 0.29) is 10.6 Å². The Labute approximate surface area is 128 Å². The molecule has 0 heterocycles. The van der Waals surface area contributed by atoms with Crippen LogP contribution >= 0.6 is 11.6 Å². The molecule has 0 spiro atoms. The highest BCUT2D eigenvalue weighted by molar-refractivity contribution is 6.30. The monoisotopic (exact) mass is 305 g/mol. The molecule has 0 atom stereocenters. The Bertz CT molecular complexity index is 648. The molecule has 0 fully saturated rings. The number of carbonyl (C=O) groups excluding carboxylic acids is 1. The summed E-state index contributed by atoms with van der Waals surface area (Å²) < 4.78 is 13.8. The summed E-state index contributed by atoms with van der Waals surface area (Å²) in [5, 5.41) is 3.11. The van der Waals surface area contributed by atoms with Gasteiger partial charge in [0.1, 0.15) is 5.82 Å². The molecule has 110 valence electrons. The molecule has 0 aromatic heterocycles. The van der Waals surface area contributed by atoms with Crippen molar-refractivity contribution in [2.45, 2.75) is 26.7 Å². The van der Waals surface area contributed by atoms with Gasteiger partial charge < -0.3 is 5.32 Å². The van der Waals surface area contributed by atoms with Crippen LogP contribution in [-0.4, -0.2) is 5.91 Å². The summed E-state index contributed by atoms with van der Waals surface area (Å²) in [5.41, 5.74) is 2.85. The van der Waals surface area contributed by atoms with Crippen molar-refractivity contribution in [3.05, 3.63) is 63.9 Å². The second kappa shape index (κ2) is 6.72. The molecule has 0 unspecified atom stereocenters. The Morgan fingerprint density at radius 2 is 1.76 bits per heavy atom. The molecule has 0 aliphatic heterocycles. The van der Waals surface area contributed by atoms with Crippen LogP contribution in [0, 0.1) is 5.82 Å². The average Bonchev–Trinajstić information content (AvgIpc) is 2.47. The van der Waals surface area contributed by atoms with E-state index in [4.69, 9.17) is 11.6 Å². The molecule has 4 heteroatoms. The zero-order valence-corrected chi connectivity index (χ0v) is 12.8. The lowest BCUT2D eigenvalue weighted by atomic mass is 10.0. The third-order valence-electron chi connectivity index (χ3n) is 3.41. The molecule has 2 aromatic carbocycles. The van der Waals surface area contributed by atoms with E-state index < -0.39 is 11.7 Å². The summed E-state index contributed by atoms with van der Waals surface area (Å²) in [6.07, 6.45) is 1.60. The molecular formula is C17H17ClFNO. The molecule has 2 aromatic rings. The Balaban J connectivity index is 2.35. The molecule has 0 radical (unpaired) electrons. The number of anilines is 1. The molecule has 2 nitrogen and oxygen atoms in total. The van der Waals surface area contributed by atoms with E-state index >= 15 is 0 Å². The van der Waals surface area contributed by atoms with Crippen LogP contribution in [0.5, 0.6) is 0 Å². The molecule has 0 aliphatic carbocycles. The summed E-state index contributed by atoms with van der Waals surface area (Å²) in [4.78, 5) is 12.3. The van der Waals surface area contributed by atoms with Crippen molar-refractivity contribution in [2.75, 3.05) is 5.32 Å². The maximum atomic E-state index is 13.8. The van der Waals surface area contributed by atoms with Crippen molar-refractivity contribution in [1.82, 2.24) is 0 Å². The minimum absolute atomic E-state index is 0.00707. The lowest BCUT2D eigenvalue weighted by Gasteiger charge is -2.14. The Kier molecular flexibility index (Phi) is 4.97. The lowest BCUT2D eigenvalue weighted by molar-refractivity contribution is 0.102. The second-order valence-corrected chi connectivity index (χ2v) is 5.17. The Morgan fingerprint density at radius 1 is 1.14 bits per heavy atom. The number of halogens is 2. The van der Waals surface area contributed by atoms with Gasteiger partial charge in [0.05, 0.1) is 5.56 Å². The molecule has 0 saturated carbocycles. The third-order valence-corrected chi connectivity index (χ3v) is 3.65. The van der Waals surface area contributed by atoms with Crippen molar-refractivity contribution >= 4 is 23.2 Å². The van der Waals surface area contributed by atoms with Crippen LogP contribution in [-0.2, 0) is 12.8 Å². The quantitative estimate of drug-likeness (QED) is 0.859. The van der Waals surface area contributed by atoms with Gasteiger partial charge in [0.15, 0.2) is 0 Å². The molecule has 0 saturated heterocycles. The van der Waals surface area contributed by atoms with E-state index in [1.54, 1.807) is 0 Å². The van der Waals surface area contributed by atoms with Gasteiger partial charge >= 0.3 is 0 Å². The Hall–Kier alpha value is -1.87. The van der Waals surface area contributed by atoms with E-state index in [1.807, 2.05) is 32.0 Å². The summed E-state index contributed by atoms with van der Waals surface area (Å²) in [6, 6.07) is 9.94. The molecule has 21 heavy (non-hydrogen) atoms. The van der Waals surface area contributed by atoms with Crippen LogP contribution in [0.4, 0.5) is 10.1 Å². The van der Waals surface area contributed by atoms with E-state index in [9.17, 15) is 9.18 Å². The molecule has 1 N–H and O–H groups in total. The van der Waals surface area contributed by atoms with Gasteiger partial charge in [-0.2, -0.15) is 0 Å². The minimum atomic E-state index is -0.618. The lowest BCUT2D eigenvalue weighted by Crippen LogP contribution is -2.16. The van der Waals surface area contributed by atoms with Gasteiger partial charge in [-0.3, -0.25) is 4.79 Å². The number of hydrogen-bond acceptors (Lipinski definition) is 1. The predicted octanol–water partition coefficient (Wildman–Crippen LogP) is 4.86. The maximum Gasteiger partial charge on any atom is 0.258 e. The summed E-state index contributed by atoms with van der Waals surface area (Å²) >= 11 is 5.71. The fraction of sp³-hybridized carbons (Fsp3) is 0.235. The molecule has 1 amide bonds. The predicted molar refractivity (Wildman–Crippen MR) is 84.6 cm³/mol. The maximum absolute atomic E-state index is 13.8. The van der Waals surface area contributed by atoms with Gasteiger partial charge in [-0.25, -0.2) is 4.39 Å². The summed E-state index contributed by atoms with van der Waals surface area (Å²) in [6.45, 7) is 4.04. The highest BCUT2D eigenvalue weighted by Crippen LogP contribution is 2.24. The number of para-hydroxylation sites is 1. The van der Waals surface area contributed by atoms with Crippen molar-refractivity contribution in [2.24, 2.45) is 0 Å². The van der Waals surface area contributed by atoms with Gasteiger partial charge in [-0.05, 0) is 42.2 Å². The normalized spacial score (nSPS) is 10.5.